The molecule has 1 aliphatic heterocycles. The van der Waals surface area contributed by atoms with Crippen molar-refractivity contribution in [3.8, 4) is 0 Å². The number of halogens is 3. The maximum absolute atomic E-state index is 12.8. The first-order valence-electron chi connectivity index (χ1n) is 5.64. The van der Waals surface area contributed by atoms with Gasteiger partial charge in [-0.1, -0.05) is 30.8 Å². The third-order valence-corrected chi connectivity index (χ3v) is 3.69. The molecule has 0 radical (unpaired) electrons. The molecule has 2 nitrogen and oxygen atoms in total. The Morgan fingerprint density at radius 3 is 2.72 bits per heavy atom. The summed E-state index contributed by atoms with van der Waals surface area (Å²) in [5, 5.41) is 3.34. The molecular formula is C12H13F3N2S. The zero-order valence-electron chi connectivity index (χ0n) is 9.79. The van der Waals surface area contributed by atoms with Crippen LogP contribution in [0.15, 0.2) is 29.3 Å². The number of rotatable bonds is 2. The number of benzene rings is 1. The molecule has 98 valence electrons. The molecule has 0 saturated heterocycles. The van der Waals surface area contributed by atoms with E-state index in [1.54, 1.807) is 6.07 Å². The summed E-state index contributed by atoms with van der Waals surface area (Å²) >= 11 is 1.46. The summed E-state index contributed by atoms with van der Waals surface area (Å²) in [5.41, 5.74) is -0.596. The lowest BCUT2D eigenvalue weighted by Crippen LogP contribution is -2.13. The normalized spacial score (nSPS) is 19.8. The molecule has 0 spiro atoms. The van der Waals surface area contributed by atoms with Crippen LogP contribution < -0.4 is 5.32 Å². The van der Waals surface area contributed by atoms with Crippen LogP contribution in [0.4, 0.5) is 18.9 Å². The number of aliphatic imine (C=N–C) groups is 1. The maximum atomic E-state index is 12.8. The quantitative estimate of drug-likeness (QED) is 0.881. The van der Waals surface area contributed by atoms with Gasteiger partial charge in [0.2, 0.25) is 0 Å². The molecule has 0 aromatic heterocycles. The number of nitrogens with zero attached hydrogens (tertiary/aromatic N) is 1. The Hall–Kier alpha value is -1.17. The summed E-state index contributed by atoms with van der Waals surface area (Å²) < 4.78 is 38.3. The van der Waals surface area contributed by atoms with E-state index in [0.717, 1.165) is 18.2 Å². The van der Waals surface area contributed by atoms with E-state index in [2.05, 4.69) is 10.3 Å². The molecule has 0 fully saturated rings. The van der Waals surface area contributed by atoms with Crippen LogP contribution in [0.5, 0.6) is 0 Å². The number of hydrogen-bond donors (Lipinski definition) is 1. The van der Waals surface area contributed by atoms with Crippen LogP contribution in [0.1, 0.15) is 18.9 Å². The Bertz CT molecular complexity index is 457. The van der Waals surface area contributed by atoms with E-state index >= 15 is 0 Å². The molecule has 2 rings (SSSR count). The highest BCUT2D eigenvalue weighted by Gasteiger charge is 2.33. The van der Waals surface area contributed by atoms with Gasteiger partial charge in [0.15, 0.2) is 5.17 Å². The molecule has 1 aliphatic rings. The van der Waals surface area contributed by atoms with Crippen molar-refractivity contribution in [2.75, 3.05) is 11.1 Å². The number of nitrogens with one attached hydrogen (secondary N) is 1. The van der Waals surface area contributed by atoms with Crippen LogP contribution >= 0.6 is 11.8 Å². The lowest BCUT2D eigenvalue weighted by molar-refractivity contribution is -0.136. The molecule has 18 heavy (non-hydrogen) atoms. The average molecular weight is 274 g/mol. The number of anilines is 1. The van der Waals surface area contributed by atoms with E-state index in [9.17, 15) is 13.2 Å². The zero-order chi connectivity index (χ0) is 13.2. The van der Waals surface area contributed by atoms with E-state index in [0.29, 0.717) is 5.17 Å². The first-order valence-corrected chi connectivity index (χ1v) is 6.63. The van der Waals surface area contributed by atoms with Crippen molar-refractivity contribution in [1.29, 1.82) is 0 Å². The lowest BCUT2D eigenvalue weighted by Gasteiger charge is -2.13. The third-order valence-electron chi connectivity index (χ3n) is 2.66. The van der Waals surface area contributed by atoms with Gasteiger partial charge in [-0.2, -0.15) is 13.2 Å². The fraction of sp³-hybridized carbons (Fsp3) is 0.417. The largest absolute Gasteiger partial charge is 0.418 e. The van der Waals surface area contributed by atoms with Gasteiger partial charge in [0, 0.05) is 5.75 Å². The van der Waals surface area contributed by atoms with Crippen LogP contribution in [0, 0.1) is 0 Å². The summed E-state index contributed by atoms with van der Waals surface area (Å²) in [7, 11) is 0. The minimum absolute atomic E-state index is 0.0630. The minimum Gasteiger partial charge on any atom is -0.334 e. The first kappa shape index (κ1) is 13.3. The Morgan fingerprint density at radius 2 is 2.11 bits per heavy atom. The predicted octanol–water partition coefficient (Wildman–Crippen LogP) is 4.00. The monoisotopic (exact) mass is 274 g/mol. The standard InChI is InChI=1S/C12H13F3N2S/c1-2-8-7-18-11(16-8)17-10-6-4-3-5-9(10)12(13,14)15/h3-6,8H,2,7H2,1H3,(H,16,17). The van der Waals surface area contributed by atoms with Crippen molar-refractivity contribution in [1.82, 2.24) is 0 Å². The van der Waals surface area contributed by atoms with Crippen LogP contribution in [0.25, 0.3) is 0 Å². The molecule has 1 aromatic rings. The van der Waals surface area contributed by atoms with Crippen LogP contribution in [-0.4, -0.2) is 17.0 Å². The Kier molecular flexibility index (Phi) is 3.85. The molecule has 1 heterocycles. The molecule has 0 saturated carbocycles. The van der Waals surface area contributed by atoms with E-state index in [4.69, 9.17) is 0 Å². The predicted molar refractivity (Wildman–Crippen MR) is 69.0 cm³/mol. The van der Waals surface area contributed by atoms with Gasteiger partial charge in [-0.05, 0) is 18.6 Å². The Morgan fingerprint density at radius 1 is 1.39 bits per heavy atom. The van der Waals surface area contributed by atoms with Crippen LogP contribution in [0.2, 0.25) is 0 Å². The van der Waals surface area contributed by atoms with Gasteiger partial charge in [0.1, 0.15) is 0 Å². The molecule has 0 amide bonds. The van der Waals surface area contributed by atoms with E-state index in [1.807, 2.05) is 6.92 Å². The van der Waals surface area contributed by atoms with Gasteiger partial charge in [-0.3, -0.25) is 4.99 Å². The SMILES string of the molecule is CCC1CSC(Nc2ccccc2C(F)(F)F)=N1. The van der Waals surface area contributed by atoms with Crippen molar-refractivity contribution in [2.45, 2.75) is 25.6 Å². The number of thioether (sulfide) groups is 1. The van der Waals surface area contributed by atoms with Crippen molar-refractivity contribution in [3.05, 3.63) is 29.8 Å². The van der Waals surface area contributed by atoms with Gasteiger partial charge in [0.25, 0.3) is 0 Å². The highest BCUT2D eigenvalue weighted by atomic mass is 32.2. The second-order valence-corrected chi connectivity index (χ2v) is 4.98. The maximum Gasteiger partial charge on any atom is 0.418 e. The number of hydrogen-bond acceptors (Lipinski definition) is 3. The molecule has 1 atom stereocenters. The number of alkyl halides is 3. The van der Waals surface area contributed by atoms with E-state index in [-0.39, 0.29) is 11.7 Å². The Balaban J connectivity index is 2.20. The summed E-state index contributed by atoms with van der Waals surface area (Å²) in [6, 6.07) is 5.66. The topological polar surface area (TPSA) is 24.4 Å². The van der Waals surface area contributed by atoms with E-state index in [1.165, 1.54) is 23.9 Å². The Labute approximate surface area is 108 Å². The second kappa shape index (κ2) is 5.22. The summed E-state index contributed by atoms with van der Waals surface area (Å²) in [5.74, 6) is 0.826. The molecule has 1 aromatic carbocycles. The first-order chi connectivity index (χ1) is 8.50. The fourth-order valence-corrected chi connectivity index (χ4v) is 2.71. The highest BCUT2D eigenvalue weighted by Crippen LogP contribution is 2.35. The molecule has 1 N–H and O–H groups in total. The van der Waals surface area contributed by atoms with Crippen molar-refractivity contribution in [2.24, 2.45) is 4.99 Å². The summed E-state index contributed by atoms with van der Waals surface area (Å²) in [4.78, 5) is 4.33. The van der Waals surface area contributed by atoms with E-state index < -0.39 is 11.7 Å². The van der Waals surface area contributed by atoms with Crippen molar-refractivity contribution < 1.29 is 13.2 Å². The summed E-state index contributed by atoms with van der Waals surface area (Å²) in [6.45, 7) is 2.02. The van der Waals surface area contributed by atoms with Gasteiger partial charge in [0.05, 0.1) is 17.3 Å². The average Bonchev–Trinajstić information content (AvgIpc) is 2.76. The number of para-hydroxylation sites is 1. The third kappa shape index (κ3) is 2.98. The zero-order valence-corrected chi connectivity index (χ0v) is 10.6. The molecular weight excluding hydrogens is 261 g/mol. The van der Waals surface area contributed by atoms with Gasteiger partial charge in [-0.15, -0.1) is 0 Å². The van der Waals surface area contributed by atoms with Crippen molar-refractivity contribution in [3.63, 3.8) is 0 Å². The summed E-state index contributed by atoms with van der Waals surface area (Å²) in [6.07, 6.45) is -3.45. The molecule has 0 aliphatic carbocycles. The van der Waals surface area contributed by atoms with Crippen molar-refractivity contribution >= 4 is 22.6 Å². The molecule has 0 bridgehead atoms. The lowest BCUT2D eigenvalue weighted by atomic mass is 10.2. The van der Waals surface area contributed by atoms with Crippen LogP contribution in [0.3, 0.4) is 0 Å². The van der Waals surface area contributed by atoms with Crippen LogP contribution in [-0.2, 0) is 6.18 Å². The van der Waals surface area contributed by atoms with Gasteiger partial charge >= 0.3 is 6.18 Å². The second-order valence-electron chi connectivity index (χ2n) is 3.98. The van der Waals surface area contributed by atoms with Gasteiger partial charge < -0.3 is 5.32 Å². The van der Waals surface area contributed by atoms with Gasteiger partial charge in [-0.25, -0.2) is 0 Å². The molecule has 6 heteroatoms. The minimum atomic E-state index is -4.35. The smallest absolute Gasteiger partial charge is 0.334 e. The fourth-order valence-electron chi connectivity index (χ4n) is 1.65. The number of amidine groups is 1. The molecule has 1 unspecified atom stereocenters. The highest BCUT2D eigenvalue weighted by molar-refractivity contribution is 8.14.